The third-order valence-corrected chi connectivity index (χ3v) is 4.38. The molecule has 1 aromatic heterocycles. The van der Waals surface area contributed by atoms with E-state index in [2.05, 4.69) is 15.2 Å². The summed E-state index contributed by atoms with van der Waals surface area (Å²) < 4.78 is 5.09. The number of hydrogen-bond acceptors (Lipinski definition) is 5. The SMILES string of the molecule is COc1ccc(C(=O)CSc2n[nH]c(-c3ccc(C)cc3)n2)cc1. The number of nitrogens with one attached hydrogen (secondary N) is 1. The van der Waals surface area contributed by atoms with Crippen LogP contribution in [0.5, 0.6) is 5.75 Å². The summed E-state index contributed by atoms with van der Waals surface area (Å²) in [5.41, 5.74) is 2.82. The van der Waals surface area contributed by atoms with E-state index in [0.29, 0.717) is 16.5 Å². The first kappa shape index (κ1) is 16.3. The zero-order chi connectivity index (χ0) is 16.9. The molecule has 6 heteroatoms. The van der Waals surface area contributed by atoms with Crippen LogP contribution < -0.4 is 4.74 Å². The van der Waals surface area contributed by atoms with E-state index in [4.69, 9.17) is 4.74 Å². The maximum Gasteiger partial charge on any atom is 0.209 e. The number of Topliss-reactive ketones (excluding diaryl/α,β-unsaturated/α-hetero) is 1. The van der Waals surface area contributed by atoms with Crippen LogP contribution in [0.25, 0.3) is 11.4 Å². The lowest BCUT2D eigenvalue weighted by Crippen LogP contribution is -2.02. The van der Waals surface area contributed by atoms with Crippen LogP contribution in [0.2, 0.25) is 0 Å². The molecule has 3 aromatic rings. The van der Waals surface area contributed by atoms with Gasteiger partial charge in [0, 0.05) is 11.1 Å². The minimum atomic E-state index is 0.0318. The normalized spacial score (nSPS) is 10.6. The van der Waals surface area contributed by atoms with Crippen LogP contribution in [0, 0.1) is 6.92 Å². The Kier molecular flexibility index (Phi) is 4.96. The smallest absolute Gasteiger partial charge is 0.209 e. The first-order chi connectivity index (χ1) is 11.7. The van der Waals surface area contributed by atoms with Crippen molar-refractivity contribution in [3.05, 3.63) is 59.7 Å². The third kappa shape index (κ3) is 3.83. The zero-order valence-corrected chi connectivity index (χ0v) is 14.3. The molecule has 0 radical (unpaired) electrons. The lowest BCUT2D eigenvalue weighted by molar-refractivity contribution is 0.102. The summed E-state index contributed by atoms with van der Waals surface area (Å²) in [6.07, 6.45) is 0. The number of ketones is 1. The molecule has 0 unspecified atom stereocenters. The summed E-state index contributed by atoms with van der Waals surface area (Å²) in [4.78, 5) is 16.6. The van der Waals surface area contributed by atoms with Gasteiger partial charge in [-0.05, 0) is 31.2 Å². The van der Waals surface area contributed by atoms with Crippen molar-refractivity contribution in [1.29, 1.82) is 0 Å². The van der Waals surface area contributed by atoms with E-state index in [1.54, 1.807) is 31.4 Å². The topological polar surface area (TPSA) is 67.9 Å². The van der Waals surface area contributed by atoms with Gasteiger partial charge >= 0.3 is 0 Å². The van der Waals surface area contributed by atoms with Gasteiger partial charge in [-0.3, -0.25) is 9.89 Å². The molecule has 0 fully saturated rings. The van der Waals surface area contributed by atoms with Gasteiger partial charge in [0.15, 0.2) is 11.6 Å². The van der Waals surface area contributed by atoms with Gasteiger partial charge in [-0.25, -0.2) is 4.98 Å². The molecule has 2 aromatic carbocycles. The maximum atomic E-state index is 12.2. The van der Waals surface area contributed by atoms with E-state index in [-0.39, 0.29) is 11.5 Å². The predicted molar refractivity (Wildman–Crippen MR) is 94.6 cm³/mol. The van der Waals surface area contributed by atoms with Gasteiger partial charge in [0.1, 0.15) is 5.75 Å². The number of H-pyrrole nitrogens is 1. The molecule has 122 valence electrons. The largest absolute Gasteiger partial charge is 0.497 e. The maximum absolute atomic E-state index is 12.2. The number of aromatic nitrogens is 3. The van der Waals surface area contributed by atoms with Crippen molar-refractivity contribution in [2.45, 2.75) is 12.1 Å². The zero-order valence-electron chi connectivity index (χ0n) is 13.4. The molecule has 0 aliphatic carbocycles. The second-order valence-electron chi connectivity index (χ2n) is 5.27. The van der Waals surface area contributed by atoms with Crippen LogP contribution in [0.15, 0.2) is 53.7 Å². The number of carbonyl (C=O) groups excluding carboxylic acids is 1. The highest BCUT2D eigenvalue weighted by atomic mass is 32.2. The number of nitrogens with zero attached hydrogens (tertiary/aromatic N) is 2. The molecule has 0 aliphatic heterocycles. The minimum Gasteiger partial charge on any atom is -0.497 e. The Balaban J connectivity index is 1.62. The molecule has 0 aliphatic rings. The number of carbonyl (C=O) groups is 1. The van der Waals surface area contributed by atoms with Crippen LogP contribution >= 0.6 is 11.8 Å². The first-order valence-electron chi connectivity index (χ1n) is 7.45. The number of ether oxygens (including phenoxy) is 1. The second-order valence-corrected chi connectivity index (χ2v) is 6.22. The minimum absolute atomic E-state index is 0.0318. The van der Waals surface area contributed by atoms with Crippen molar-refractivity contribution in [2.24, 2.45) is 0 Å². The fraction of sp³-hybridized carbons (Fsp3) is 0.167. The Morgan fingerprint density at radius 3 is 2.50 bits per heavy atom. The number of thioether (sulfide) groups is 1. The Bertz CT molecular complexity index is 826. The molecule has 1 heterocycles. The van der Waals surface area contributed by atoms with Crippen LogP contribution in [0.1, 0.15) is 15.9 Å². The molecule has 0 spiro atoms. The van der Waals surface area contributed by atoms with Crippen LogP contribution in [0.4, 0.5) is 0 Å². The summed E-state index contributed by atoms with van der Waals surface area (Å²) >= 11 is 1.32. The summed E-state index contributed by atoms with van der Waals surface area (Å²) in [5, 5.41) is 7.64. The van der Waals surface area contributed by atoms with E-state index < -0.39 is 0 Å². The van der Waals surface area contributed by atoms with E-state index >= 15 is 0 Å². The average molecular weight is 339 g/mol. The molecular weight excluding hydrogens is 322 g/mol. The highest BCUT2D eigenvalue weighted by Crippen LogP contribution is 2.21. The molecule has 0 amide bonds. The van der Waals surface area contributed by atoms with Gasteiger partial charge in [-0.15, -0.1) is 5.10 Å². The molecule has 3 rings (SSSR count). The fourth-order valence-electron chi connectivity index (χ4n) is 2.14. The number of hydrogen-bond donors (Lipinski definition) is 1. The lowest BCUT2D eigenvalue weighted by Gasteiger charge is -2.01. The predicted octanol–water partition coefficient (Wildman–Crippen LogP) is 3.76. The summed E-state index contributed by atoms with van der Waals surface area (Å²) in [6, 6.07) is 15.1. The van der Waals surface area contributed by atoms with E-state index in [1.807, 2.05) is 31.2 Å². The Morgan fingerprint density at radius 2 is 1.83 bits per heavy atom. The van der Waals surface area contributed by atoms with Crippen molar-refractivity contribution in [3.63, 3.8) is 0 Å². The third-order valence-electron chi connectivity index (χ3n) is 3.53. The number of methoxy groups -OCH3 is 1. The molecule has 0 bridgehead atoms. The van der Waals surface area contributed by atoms with E-state index in [1.165, 1.54) is 17.3 Å². The van der Waals surface area contributed by atoms with E-state index in [9.17, 15) is 4.79 Å². The van der Waals surface area contributed by atoms with Gasteiger partial charge in [0.05, 0.1) is 12.9 Å². The van der Waals surface area contributed by atoms with Crippen LogP contribution in [0.3, 0.4) is 0 Å². The Hall–Kier alpha value is -2.60. The molecule has 0 saturated carbocycles. The second kappa shape index (κ2) is 7.31. The van der Waals surface area contributed by atoms with E-state index in [0.717, 1.165) is 11.3 Å². The summed E-state index contributed by atoms with van der Waals surface area (Å²) in [5.74, 6) is 1.76. The van der Waals surface area contributed by atoms with Gasteiger partial charge < -0.3 is 4.74 Å². The summed E-state index contributed by atoms with van der Waals surface area (Å²) in [6.45, 7) is 2.04. The van der Waals surface area contributed by atoms with Crippen molar-refractivity contribution in [2.75, 3.05) is 12.9 Å². The van der Waals surface area contributed by atoms with Gasteiger partial charge in [-0.1, -0.05) is 41.6 Å². The molecule has 1 N–H and O–H groups in total. The molecule has 0 saturated heterocycles. The monoisotopic (exact) mass is 339 g/mol. The number of rotatable bonds is 6. The molecule has 0 atom stereocenters. The van der Waals surface area contributed by atoms with Crippen molar-refractivity contribution >= 4 is 17.5 Å². The highest BCUT2D eigenvalue weighted by molar-refractivity contribution is 7.99. The highest BCUT2D eigenvalue weighted by Gasteiger charge is 2.11. The van der Waals surface area contributed by atoms with Crippen molar-refractivity contribution in [1.82, 2.24) is 15.2 Å². The quantitative estimate of drug-likeness (QED) is 0.547. The van der Waals surface area contributed by atoms with Gasteiger partial charge in [0.2, 0.25) is 5.16 Å². The van der Waals surface area contributed by atoms with Crippen molar-refractivity contribution < 1.29 is 9.53 Å². The first-order valence-corrected chi connectivity index (χ1v) is 8.44. The summed E-state index contributed by atoms with van der Waals surface area (Å²) in [7, 11) is 1.60. The van der Waals surface area contributed by atoms with Crippen LogP contribution in [-0.4, -0.2) is 33.8 Å². The molecule has 24 heavy (non-hydrogen) atoms. The van der Waals surface area contributed by atoms with Gasteiger partial charge in [-0.2, -0.15) is 0 Å². The molecular formula is C18H17N3O2S. The Morgan fingerprint density at radius 1 is 1.12 bits per heavy atom. The number of aromatic amines is 1. The number of aryl methyl sites for hydroxylation is 1. The van der Waals surface area contributed by atoms with Crippen molar-refractivity contribution in [3.8, 4) is 17.1 Å². The standard InChI is InChI=1S/C18H17N3O2S/c1-12-3-5-14(6-4-12)17-19-18(21-20-17)24-11-16(22)13-7-9-15(23-2)10-8-13/h3-10H,11H2,1-2H3,(H,19,20,21). The number of benzene rings is 2. The molecule has 5 nitrogen and oxygen atoms in total. The fourth-order valence-corrected chi connectivity index (χ4v) is 2.83. The van der Waals surface area contributed by atoms with Crippen LogP contribution in [-0.2, 0) is 0 Å². The van der Waals surface area contributed by atoms with Gasteiger partial charge in [0.25, 0.3) is 0 Å². The average Bonchev–Trinajstić information content (AvgIpc) is 3.09. The lowest BCUT2D eigenvalue weighted by atomic mass is 10.1. The Labute approximate surface area is 144 Å².